The summed E-state index contributed by atoms with van der Waals surface area (Å²) in [7, 11) is 1.54. The summed E-state index contributed by atoms with van der Waals surface area (Å²) < 4.78 is 5.41. The van der Waals surface area contributed by atoms with Crippen LogP contribution in [0.1, 0.15) is 5.56 Å². The van der Waals surface area contributed by atoms with Crippen LogP contribution in [0.5, 0.6) is 5.75 Å². The number of nitrogens with one attached hydrogen (secondary N) is 1. The Labute approximate surface area is 166 Å². The van der Waals surface area contributed by atoms with Crippen LogP contribution in [0.4, 0.5) is 5.69 Å². The average molecular weight is 397 g/mol. The lowest BCUT2D eigenvalue weighted by Gasteiger charge is -2.11. The fourth-order valence-corrected chi connectivity index (χ4v) is 3.19. The van der Waals surface area contributed by atoms with Crippen molar-refractivity contribution in [3.8, 4) is 11.8 Å². The molecule has 134 valence electrons. The second-order valence-electron chi connectivity index (χ2n) is 5.62. The average Bonchev–Trinajstić information content (AvgIpc) is 2.68. The Morgan fingerprint density at radius 1 is 1.07 bits per heavy atom. The SMILES string of the molecule is COc1ccc2ccccc2c1/C=C(\C#N)C(=O)Nc1c(Cl)cccc1Cl. The van der Waals surface area contributed by atoms with Gasteiger partial charge in [-0.3, -0.25) is 4.79 Å². The highest BCUT2D eigenvalue weighted by Gasteiger charge is 2.16. The van der Waals surface area contributed by atoms with E-state index in [0.717, 1.165) is 10.8 Å². The number of fused-ring (bicyclic) bond motifs is 1. The molecule has 0 saturated carbocycles. The normalized spacial score (nSPS) is 11.1. The highest BCUT2D eigenvalue weighted by Crippen LogP contribution is 2.32. The van der Waals surface area contributed by atoms with Gasteiger partial charge >= 0.3 is 0 Å². The molecule has 0 bridgehead atoms. The maximum atomic E-state index is 12.6. The minimum absolute atomic E-state index is 0.0966. The van der Waals surface area contributed by atoms with Crippen molar-refractivity contribution in [1.29, 1.82) is 5.26 Å². The standard InChI is InChI=1S/C21H14Cl2N2O2/c1-27-19-10-9-13-5-2-3-6-15(13)16(19)11-14(12-24)21(26)25-20-17(22)7-4-8-18(20)23/h2-11H,1H3,(H,25,26)/b14-11+. The predicted octanol–water partition coefficient (Wildman–Crippen LogP) is 5.70. The molecule has 1 N–H and O–H groups in total. The summed E-state index contributed by atoms with van der Waals surface area (Å²) >= 11 is 12.2. The fourth-order valence-electron chi connectivity index (χ4n) is 2.69. The molecule has 6 heteroatoms. The third-order valence-electron chi connectivity index (χ3n) is 4.01. The number of rotatable bonds is 4. The van der Waals surface area contributed by atoms with Crippen LogP contribution in [0.25, 0.3) is 16.8 Å². The minimum Gasteiger partial charge on any atom is -0.496 e. The van der Waals surface area contributed by atoms with E-state index in [4.69, 9.17) is 27.9 Å². The highest BCUT2D eigenvalue weighted by molar-refractivity contribution is 6.40. The quantitative estimate of drug-likeness (QED) is 0.454. The summed E-state index contributed by atoms with van der Waals surface area (Å²) in [5.41, 5.74) is 0.810. The zero-order valence-electron chi connectivity index (χ0n) is 14.3. The lowest BCUT2D eigenvalue weighted by molar-refractivity contribution is -0.112. The van der Waals surface area contributed by atoms with E-state index >= 15 is 0 Å². The van der Waals surface area contributed by atoms with Crippen molar-refractivity contribution >= 4 is 51.6 Å². The first-order chi connectivity index (χ1) is 13.0. The highest BCUT2D eigenvalue weighted by atomic mass is 35.5. The van der Waals surface area contributed by atoms with Crippen LogP contribution in [-0.4, -0.2) is 13.0 Å². The molecule has 0 heterocycles. The molecule has 3 aromatic carbocycles. The molecule has 0 aliphatic carbocycles. The van der Waals surface area contributed by atoms with Crippen molar-refractivity contribution in [2.45, 2.75) is 0 Å². The number of amides is 1. The Morgan fingerprint density at radius 2 is 1.78 bits per heavy atom. The number of para-hydroxylation sites is 1. The number of methoxy groups -OCH3 is 1. The van der Waals surface area contributed by atoms with E-state index in [2.05, 4.69) is 5.32 Å². The van der Waals surface area contributed by atoms with Gasteiger partial charge in [0.15, 0.2) is 0 Å². The van der Waals surface area contributed by atoms with Crippen molar-refractivity contribution in [3.63, 3.8) is 0 Å². The van der Waals surface area contributed by atoms with Gasteiger partial charge in [0.25, 0.3) is 5.91 Å². The van der Waals surface area contributed by atoms with E-state index in [1.165, 1.54) is 13.2 Å². The van der Waals surface area contributed by atoms with Gasteiger partial charge in [-0.25, -0.2) is 0 Å². The maximum absolute atomic E-state index is 12.6. The minimum atomic E-state index is -0.609. The fraction of sp³-hybridized carbons (Fsp3) is 0.0476. The number of hydrogen-bond donors (Lipinski definition) is 1. The number of benzene rings is 3. The van der Waals surface area contributed by atoms with E-state index in [9.17, 15) is 10.1 Å². The third-order valence-corrected chi connectivity index (χ3v) is 4.64. The monoisotopic (exact) mass is 396 g/mol. The summed E-state index contributed by atoms with van der Waals surface area (Å²) in [5.74, 6) is -0.0486. The molecule has 0 aromatic heterocycles. The number of carbonyl (C=O) groups excluding carboxylic acids is 1. The lowest BCUT2D eigenvalue weighted by Crippen LogP contribution is -2.14. The van der Waals surface area contributed by atoms with E-state index in [-0.39, 0.29) is 21.3 Å². The van der Waals surface area contributed by atoms with Gasteiger partial charge in [-0.15, -0.1) is 0 Å². The van der Waals surface area contributed by atoms with Gasteiger partial charge in [0, 0.05) is 5.56 Å². The van der Waals surface area contributed by atoms with E-state index in [1.807, 2.05) is 36.4 Å². The largest absolute Gasteiger partial charge is 0.496 e. The Morgan fingerprint density at radius 3 is 2.44 bits per heavy atom. The van der Waals surface area contributed by atoms with Crippen molar-refractivity contribution in [2.24, 2.45) is 0 Å². The van der Waals surface area contributed by atoms with Gasteiger partial charge in [0.1, 0.15) is 17.4 Å². The van der Waals surface area contributed by atoms with E-state index < -0.39 is 5.91 Å². The van der Waals surface area contributed by atoms with Crippen LogP contribution in [0.2, 0.25) is 10.0 Å². The molecule has 0 radical (unpaired) electrons. The van der Waals surface area contributed by atoms with Crippen molar-refractivity contribution in [1.82, 2.24) is 0 Å². The number of halogens is 2. The number of carbonyl (C=O) groups is 1. The smallest absolute Gasteiger partial charge is 0.266 e. The first-order valence-electron chi connectivity index (χ1n) is 7.98. The Hall–Kier alpha value is -3.00. The van der Waals surface area contributed by atoms with Crippen molar-refractivity contribution in [3.05, 3.63) is 75.8 Å². The first-order valence-corrected chi connectivity index (χ1v) is 8.73. The summed E-state index contributed by atoms with van der Waals surface area (Å²) in [4.78, 5) is 12.6. The molecule has 27 heavy (non-hydrogen) atoms. The van der Waals surface area contributed by atoms with Gasteiger partial charge in [-0.05, 0) is 35.0 Å². The zero-order chi connectivity index (χ0) is 19.4. The number of nitriles is 1. The molecule has 4 nitrogen and oxygen atoms in total. The Balaban J connectivity index is 2.06. The van der Waals surface area contributed by atoms with Crippen LogP contribution in [0.3, 0.4) is 0 Å². The summed E-state index contributed by atoms with van der Waals surface area (Å²) in [6.07, 6.45) is 1.50. The summed E-state index contributed by atoms with van der Waals surface area (Å²) in [5, 5.41) is 14.5. The van der Waals surface area contributed by atoms with Crippen molar-refractivity contribution in [2.75, 3.05) is 12.4 Å². The number of ether oxygens (including phenoxy) is 1. The molecular weight excluding hydrogens is 383 g/mol. The molecule has 0 fully saturated rings. The molecule has 3 aromatic rings. The summed E-state index contributed by atoms with van der Waals surface area (Å²) in [6.45, 7) is 0. The molecule has 0 unspecified atom stereocenters. The number of nitrogens with zero attached hydrogens (tertiary/aromatic N) is 1. The Kier molecular flexibility index (Phi) is 5.66. The van der Waals surface area contributed by atoms with Crippen LogP contribution < -0.4 is 10.1 Å². The van der Waals surface area contributed by atoms with Crippen LogP contribution in [0.15, 0.2) is 60.2 Å². The zero-order valence-corrected chi connectivity index (χ0v) is 15.8. The molecule has 0 saturated heterocycles. The van der Waals surface area contributed by atoms with Gasteiger partial charge in [0.2, 0.25) is 0 Å². The van der Waals surface area contributed by atoms with Gasteiger partial charge in [0.05, 0.1) is 22.8 Å². The van der Waals surface area contributed by atoms with Gasteiger partial charge in [-0.2, -0.15) is 5.26 Å². The second kappa shape index (κ2) is 8.13. The first kappa shape index (κ1) is 18.8. The molecule has 0 spiro atoms. The Bertz CT molecular complexity index is 1080. The van der Waals surface area contributed by atoms with Crippen LogP contribution in [-0.2, 0) is 4.79 Å². The molecule has 0 aliphatic heterocycles. The molecule has 3 rings (SSSR count). The van der Waals surface area contributed by atoms with E-state index in [1.54, 1.807) is 24.3 Å². The number of hydrogen-bond acceptors (Lipinski definition) is 3. The van der Waals surface area contributed by atoms with Gasteiger partial charge < -0.3 is 10.1 Å². The van der Waals surface area contributed by atoms with Crippen molar-refractivity contribution < 1.29 is 9.53 Å². The predicted molar refractivity (Wildman–Crippen MR) is 109 cm³/mol. The van der Waals surface area contributed by atoms with E-state index in [0.29, 0.717) is 11.3 Å². The van der Waals surface area contributed by atoms with Crippen LogP contribution in [0, 0.1) is 11.3 Å². The summed E-state index contributed by atoms with van der Waals surface area (Å²) in [6, 6.07) is 18.2. The third kappa shape index (κ3) is 3.90. The maximum Gasteiger partial charge on any atom is 0.266 e. The van der Waals surface area contributed by atoms with Gasteiger partial charge in [-0.1, -0.05) is 59.6 Å². The molecule has 0 aliphatic rings. The molecule has 1 amide bonds. The topological polar surface area (TPSA) is 62.1 Å². The lowest BCUT2D eigenvalue weighted by atomic mass is 10.0. The number of anilines is 1. The molecular formula is C21H14Cl2N2O2. The molecule has 0 atom stereocenters. The second-order valence-corrected chi connectivity index (χ2v) is 6.44. The van der Waals surface area contributed by atoms with Crippen LogP contribution >= 0.6 is 23.2 Å².